The Morgan fingerprint density at radius 3 is 2.44 bits per heavy atom. The molecule has 94 valence electrons. The van der Waals surface area contributed by atoms with Crippen LogP contribution in [0.4, 0.5) is 0 Å². The van der Waals surface area contributed by atoms with Gasteiger partial charge in [-0.25, -0.2) is 0 Å². The van der Waals surface area contributed by atoms with Crippen molar-refractivity contribution in [2.75, 3.05) is 33.2 Å². The molecule has 0 radical (unpaired) electrons. The molecule has 1 rings (SSSR count). The monoisotopic (exact) mass is 227 g/mol. The Bertz CT molecular complexity index is 226. The molecule has 16 heavy (non-hydrogen) atoms. The van der Waals surface area contributed by atoms with E-state index in [0.717, 1.165) is 32.6 Å². The summed E-state index contributed by atoms with van der Waals surface area (Å²) in [6, 6.07) is 0.346. The Morgan fingerprint density at radius 2 is 1.94 bits per heavy atom. The lowest BCUT2D eigenvalue weighted by atomic mass is 10.1. The van der Waals surface area contributed by atoms with Crippen LogP contribution >= 0.6 is 0 Å². The maximum Gasteiger partial charge on any atom is 0.239 e. The molecule has 0 aromatic heterocycles. The summed E-state index contributed by atoms with van der Waals surface area (Å²) in [6.45, 7) is 10.2. The summed E-state index contributed by atoms with van der Waals surface area (Å²) in [5, 5.41) is 3.31. The highest BCUT2D eigenvalue weighted by molar-refractivity contribution is 5.81. The fourth-order valence-corrected chi connectivity index (χ4v) is 2.01. The first kappa shape index (κ1) is 13.5. The number of likely N-dealkylation sites (N-methyl/N-ethyl adjacent to an activating group) is 1. The van der Waals surface area contributed by atoms with Crippen molar-refractivity contribution in [2.45, 2.75) is 39.3 Å². The highest BCUT2D eigenvalue weighted by atomic mass is 16.2. The smallest absolute Gasteiger partial charge is 0.239 e. The molecule has 0 aromatic carbocycles. The number of nitrogens with zero attached hydrogens (tertiary/aromatic N) is 2. The summed E-state index contributed by atoms with van der Waals surface area (Å²) in [5.74, 6) is 0.247. The predicted molar refractivity (Wildman–Crippen MR) is 66.4 cm³/mol. The Labute approximate surface area is 99.0 Å². The molecule has 1 fully saturated rings. The fourth-order valence-electron chi connectivity index (χ4n) is 2.01. The van der Waals surface area contributed by atoms with Gasteiger partial charge in [0.1, 0.15) is 0 Å². The van der Waals surface area contributed by atoms with Gasteiger partial charge in [-0.15, -0.1) is 0 Å². The normalized spacial score (nSPS) is 21.5. The predicted octanol–water partition coefficient (Wildman–Crippen LogP) is 0.537. The number of nitrogens with one attached hydrogen (secondary N) is 1. The molecule has 1 aliphatic heterocycles. The minimum Gasteiger partial charge on any atom is -0.342 e. The van der Waals surface area contributed by atoms with Crippen molar-refractivity contribution < 1.29 is 4.79 Å². The van der Waals surface area contributed by atoms with Crippen molar-refractivity contribution in [3.63, 3.8) is 0 Å². The van der Waals surface area contributed by atoms with Gasteiger partial charge in [0.15, 0.2) is 0 Å². The average molecular weight is 227 g/mol. The van der Waals surface area contributed by atoms with Crippen molar-refractivity contribution in [3.8, 4) is 0 Å². The largest absolute Gasteiger partial charge is 0.342 e. The van der Waals surface area contributed by atoms with Crippen LogP contribution in [-0.4, -0.2) is 61.0 Å². The Kier molecular flexibility index (Phi) is 5.22. The summed E-state index contributed by atoms with van der Waals surface area (Å²) in [6.07, 6.45) is 1.01. The second-order valence-electron chi connectivity index (χ2n) is 4.67. The first-order chi connectivity index (χ1) is 7.57. The number of carbonyl (C=O) groups is 1. The molecule has 0 saturated carbocycles. The van der Waals surface area contributed by atoms with Gasteiger partial charge in [-0.1, -0.05) is 6.92 Å². The minimum absolute atomic E-state index is 0.0149. The molecular formula is C12H25N3O. The molecule has 0 spiro atoms. The van der Waals surface area contributed by atoms with Crippen molar-refractivity contribution in [1.82, 2.24) is 15.1 Å². The van der Waals surface area contributed by atoms with E-state index in [1.807, 2.05) is 18.9 Å². The first-order valence-electron chi connectivity index (χ1n) is 6.29. The molecule has 0 bridgehead atoms. The Morgan fingerprint density at radius 1 is 1.38 bits per heavy atom. The molecule has 1 amide bonds. The van der Waals surface area contributed by atoms with Gasteiger partial charge in [-0.05, 0) is 20.3 Å². The quantitative estimate of drug-likeness (QED) is 0.761. The highest BCUT2D eigenvalue weighted by Crippen LogP contribution is 2.08. The van der Waals surface area contributed by atoms with Gasteiger partial charge < -0.3 is 10.2 Å². The summed E-state index contributed by atoms with van der Waals surface area (Å²) >= 11 is 0. The zero-order valence-electron chi connectivity index (χ0n) is 11.0. The summed E-state index contributed by atoms with van der Waals surface area (Å²) in [5.41, 5.74) is 0. The van der Waals surface area contributed by atoms with Crippen LogP contribution in [0, 0.1) is 0 Å². The maximum absolute atomic E-state index is 12.2. The minimum atomic E-state index is 0.0149. The number of carbonyl (C=O) groups excluding carboxylic acids is 1. The van der Waals surface area contributed by atoms with E-state index in [2.05, 4.69) is 24.1 Å². The molecule has 0 aromatic rings. The van der Waals surface area contributed by atoms with Gasteiger partial charge in [-0.2, -0.15) is 0 Å². The Hall–Kier alpha value is -0.610. The molecule has 4 nitrogen and oxygen atoms in total. The molecule has 1 heterocycles. The molecule has 2 atom stereocenters. The lowest BCUT2D eigenvalue weighted by molar-refractivity contribution is -0.137. The van der Waals surface area contributed by atoms with Gasteiger partial charge >= 0.3 is 0 Å². The number of piperazine rings is 1. The molecule has 0 aliphatic carbocycles. The number of hydrogen-bond donors (Lipinski definition) is 1. The fraction of sp³-hybridized carbons (Fsp3) is 0.917. The zero-order valence-corrected chi connectivity index (χ0v) is 11.0. The molecule has 4 heteroatoms. The summed E-state index contributed by atoms with van der Waals surface area (Å²) < 4.78 is 0. The lowest BCUT2D eigenvalue weighted by Gasteiger charge is -2.35. The topological polar surface area (TPSA) is 35.6 Å². The van der Waals surface area contributed by atoms with Crippen LogP contribution in [-0.2, 0) is 4.79 Å². The van der Waals surface area contributed by atoms with E-state index in [1.165, 1.54) is 0 Å². The summed E-state index contributed by atoms with van der Waals surface area (Å²) in [4.78, 5) is 16.3. The van der Waals surface area contributed by atoms with Crippen LogP contribution < -0.4 is 5.32 Å². The third kappa shape index (κ3) is 3.19. The molecule has 2 unspecified atom stereocenters. The van der Waals surface area contributed by atoms with Gasteiger partial charge in [-0.3, -0.25) is 9.69 Å². The van der Waals surface area contributed by atoms with Gasteiger partial charge in [0.05, 0.1) is 6.04 Å². The van der Waals surface area contributed by atoms with Crippen molar-refractivity contribution in [3.05, 3.63) is 0 Å². The molecular weight excluding hydrogens is 202 g/mol. The highest BCUT2D eigenvalue weighted by Gasteiger charge is 2.26. The number of rotatable bonds is 4. The summed E-state index contributed by atoms with van der Waals surface area (Å²) in [7, 11) is 1.91. The molecule has 1 N–H and O–H groups in total. The molecule has 1 aliphatic rings. The maximum atomic E-state index is 12.2. The second kappa shape index (κ2) is 6.21. The Balaban J connectivity index is 2.51. The van der Waals surface area contributed by atoms with Crippen LogP contribution in [0.25, 0.3) is 0 Å². The van der Waals surface area contributed by atoms with E-state index in [0.29, 0.717) is 6.04 Å². The van der Waals surface area contributed by atoms with Crippen molar-refractivity contribution in [1.29, 1.82) is 0 Å². The number of amides is 1. The van der Waals surface area contributed by atoms with E-state index >= 15 is 0 Å². The second-order valence-corrected chi connectivity index (χ2v) is 4.67. The van der Waals surface area contributed by atoms with Gasteiger partial charge in [0, 0.05) is 39.3 Å². The van der Waals surface area contributed by atoms with Crippen LogP contribution in [0.15, 0.2) is 0 Å². The van der Waals surface area contributed by atoms with Crippen LogP contribution in [0.1, 0.15) is 27.2 Å². The van der Waals surface area contributed by atoms with E-state index in [4.69, 9.17) is 0 Å². The van der Waals surface area contributed by atoms with E-state index < -0.39 is 0 Å². The third-order valence-electron chi connectivity index (χ3n) is 3.66. The van der Waals surface area contributed by atoms with Gasteiger partial charge in [0.2, 0.25) is 5.91 Å². The van der Waals surface area contributed by atoms with Crippen LogP contribution in [0.5, 0.6) is 0 Å². The number of hydrogen-bond acceptors (Lipinski definition) is 3. The first-order valence-corrected chi connectivity index (χ1v) is 6.29. The van der Waals surface area contributed by atoms with Crippen molar-refractivity contribution >= 4 is 5.91 Å². The van der Waals surface area contributed by atoms with Crippen LogP contribution in [0.3, 0.4) is 0 Å². The van der Waals surface area contributed by atoms with Gasteiger partial charge in [0.25, 0.3) is 0 Å². The zero-order chi connectivity index (χ0) is 12.1. The molecule has 1 saturated heterocycles. The van der Waals surface area contributed by atoms with E-state index in [-0.39, 0.29) is 11.9 Å². The van der Waals surface area contributed by atoms with E-state index in [9.17, 15) is 4.79 Å². The van der Waals surface area contributed by atoms with Crippen molar-refractivity contribution in [2.24, 2.45) is 0 Å². The SMILES string of the molecule is CCC(C)N(C)C(=O)C(C)N1CCNCC1. The third-order valence-corrected chi connectivity index (χ3v) is 3.66. The van der Waals surface area contributed by atoms with Crippen LogP contribution in [0.2, 0.25) is 0 Å². The lowest BCUT2D eigenvalue weighted by Crippen LogP contribution is -2.54. The van der Waals surface area contributed by atoms with E-state index in [1.54, 1.807) is 0 Å². The standard InChI is InChI=1S/C12H25N3O/c1-5-10(2)14(4)12(16)11(3)15-8-6-13-7-9-15/h10-11,13H,5-9H2,1-4H3. The average Bonchev–Trinajstić information content (AvgIpc) is 2.36.